The topological polar surface area (TPSA) is 27.1 Å². The van der Waals surface area contributed by atoms with Crippen molar-refractivity contribution in [1.82, 2.24) is 18.7 Å². The molecule has 1 fully saturated rings. The van der Waals surface area contributed by atoms with Crippen LogP contribution in [0, 0.1) is 32.6 Å². The van der Waals surface area contributed by atoms with Crippen LogP contribution in [-0.2, 0) is 31.9 Å². The number of rotatable bonds is 9. The molecule has 0 amide bonds. The first kappa shape index (κ1) is 47.6. The monoisotopic (exact) mass is 1100 g/mol. The van der Waals surface area contributed by atoms with E-state index in [4.69, 9.17) is 9.72 Å². The van der Waals surface area contributed by atoms with Gasteiger partial charge in [0.1, 0.15) is 5.82 Å². The number of hydrogen-bond acceptors (Lipinski definition) is 2. The number of para-hydroxylation sites is 1. The Kier molecular flexibility index (Phi) is 11.6. The Balaban J connectivity index is 0.00000567. The molecule has 5 nitrogen and oxygen atoms in total. The second kappa shape index (κ2) is 17.0. The van der Waals surface area contributed by atoms with Gasteiger partial charge in [-0.3, -0.25) is 0 Å². The number of hydrogen-bond donors (Lipinski definition) is 0. The van der Waals surface area contributed by atoms with Gasteiger partial charge in [-0.25, -0.2) is 9.58 Å². The molecule has 2 atom stereocenters. The Morgan fingerprint density at radius 3 is 1.90 bits per heavy atom. The number of aromatic nitrogens is 2. The van der Waals surface area contributed by atoms with E-state index in [1.54, 1.807) is 0 Å². The summed E-state index contributed by atoms with van der Waals surface area (Å²) in [5.41, 5.74) is 19.3. The summed E-state index contributed by atoms with van der Waals surface area (Å²) < 4.78 is 10.5. The third-order valence-corrected chi connectivity index (χ3v) is 14.9. The maximum atomic E-state index is 7.17. The molecule has 70 heavy (non-hydrogen) atoms. The van der Waals surface area contributed by atoms with E-state index in [1.165, 1.54) is 67.1 Å². The molecule has 0 bridgehead atoms. The van der Waals surface area contributed by atoms with Gasteiger partial charge in [0.05, 0.1) is 5.69 Å². The van der Waals surface area contributed by atoms with E-state index in [9.17, 15) is 0 Å². The first-order chi connectivity index (χ1) is 32.9. The molecule has 1 unspecified atom stereocenters. The molecular weight excluding hydrogens is 1040 g/mol. The van der Waals surface area contributed by atoms with Crippen LogP contribution in [-0.4, -0.2) is 9.55 Å². The van der Waals surface area contributed by atoms with Gasteiger partial charge in [-0.2, -0.15) is 10.7 Å². The van der Waals surface area contributed by atoms with Gasteiger partial charge in [0.2, 0.25) is 11.4 Å². The summed E-state index contributed by atoms with van der Waals surface area (Å²) in [6, 6.07) is 59.2. The van der Waals surface area contributed by atoms with Gasteiger partial charge in [-0.15, -0.1) is 29.1 Å². The molecule has 0 radical (unpaired) electrons. The fourth-order valence-electron chi connectivity index (χ4n) is 10.9. The van der Waals surface area contributed by atoms with Gasteiger partial charge < -0.3 is 9.30 Å². The Morgan fingerprint density at radius 2 is 1.23 bits per heavy atom. The quantitative estimate of drug-likeness (QED) is 0.0818. The summed E-state index contributed by atoms with van der Waals surface area (Å²) in [7, 11) is 0. The number of benzene rings is 7. The van der Waals surface area contributed by atoms with Crippen LogP contribution >= 0.6 is 0 Å². The van der Waals surface area contributed by atoms with Crippen molar-refractivity contribution in [2.75, 3.05) is 0 Å². The predicted octanol–water partition coefficient (Wildman–Crippen LogP) is 17.7. The maximum absolute atomic E-state index is 7.17. The molecule has 0 saturated carbocycles. The van der Waals surface area contributed by atoms with Crippen molar-refractivity contribution in [1.29, 1.82) is 0 Å². The number of pyridine rings is 1. The van der Waals surface area contributed by atoms with Crippen molar-refractivity contribution in [3.05, 3.63) is 198 Å². The minimum absolute atomic E-state index is 0. The van der Waals surface area contributed by atoms with Crippen molar-refractivity contribution in [3.63, 3.8) is 0 Å². The average molecular weight is 1100 g/mol. The molecular formula is C64H63N4OPt-. The molecule has 11 rings (SSSR count). The van der Waals surface area contributed by atoms with E-state index in [0.717, 1.165) is 38.9 Å². The van der Waals surface area contributed by atoms with Crippen molar-refractivity contribution >= 4 is 44.6 Å². The van der Waals surface area contributed by atoms with E-state index in [-0.39, 0.29) is 31.9 Å². The molecule has 1 saturated heterocycles. The molecule has 356 valence electrons. The summed E-state index contributed by atoms with van der Waals surface area (Å²) in [6.45, 7) is 29.9. The van der Waals surface area contributed by atoms with Crippen LogP contribution < -0.4 is 13.9 Å². The SMILES string of the molecule is Cc1cc2c(cc1C)[N@@+]1(c3cc(-c4ccccc4)cc(C(C)(C)C)c3)[CH-][N+]21c1[c-]c(Oc2[c-]c3c(cc2)c2ccccc2n3-c2cc(C(C)(C)C)ccn2)cc(-c2c(C(C)C)cccc2C(C)C)c1.[Pt]. The Hall–Kier alpha value is -6.10. The molecule has 0 spiro atoms. The molecule has 2 aliphatic heterocycles. The first-order valence-corrected chi connectivity index (χ1v) is 24.7. The van der Waals surface area contributed by atoms with Crippen LogP contribution in [0.25, 0.3) is 49.9 Å². The average Bonchev–Trinajstić information content (AvgIpc) is 3.84. The third kappa shape index (κ3) is 7.50. The molecule has 4 heterocycles. The van der Waals surface area contributed by atoms with Gasteiger partial charge in [-0.05, 0) is 110 Å². The van der Waals surface area contributed by atoms with Crippen LogP contribution in [0.3, 0.4) is 0 Å². The van der Waals surface area contributed by atoms with Gasteiger partial charge in [0.25, 0.3) is 0 Å². The molecule has 7 aromatic carbocycles. The van der Waals surface area contributed by atoms with Crippen LogP contribution in [0.15, 0.2) is 146 Å². The zero-order valence-electron chi connectivity index (χ0n) is 42.6. The van der Waals surface area contributed by atoms with E-state index >= 15 is 0 Å². The minimum Gasteiger partial charge on any atom is -0.509 e. The fourth-order valence-corrected chi connectivity index (χ4v) is 10.9. The molecule has 2 aliphatic rings. The predicted molar refractivity (Wildman–Crippen MR) is 289 cm³/mol. The molecule has 9 aromatic rings. The molecule has 2 aromatic heterocycles. The number of fused-ring (bicyclic) bond motifs is 7. The van der Waals surface area contributed by atoms with Crippen LogP contribution in [0.2, 0.25) is 0 Å². The van der Waals surface area contributed by atoms with E-state index in [1.807, 2.05) is 6.20 Å². The normalized spacial score (nSPS) is 17.3. The first-order valence-electron chi connectivity index (χ1n) is 24.7. The van der Waals surface area contributed by atoms with Crippen molar-refractivity contribution < 1.29 is 25.8 Å². The van der Waals surface area contributed by atoms with Gasteiger partial charge in [-0.1, -0.05) is 160 Å². The third-order valence-electron chi connectivity index (χ3n) is 14.9. The summed E-state index contributed by atoms with van der Waals surface area (Å²) in [4.78, 5) is 4.95. The Bertz CT molecular complexity index is 3490. The van der Waals surface area contributed by atoms with Gasteiger partial charge in [0.15, 0.2) is 12.4 Å². The molecule has 6 heteroatoms. The van der Waals surface area contributed by atoms with Crippen molar-refractivity contribution in [2.24, 2.45) is 0 Å². The van der Waals surface area contributed by atoms with Gasteiger partial charge in [0, 0.05) is 68.5 Å². The number of aryl methyl sites for hydroxylation is 2. The summed E-state index contributed by atoms with van der Waals surface area (Å²) in [5, 5.41) is 2.25. The minimum atomic E-state index is -0.0734. The van der Waals surface area contributed by atoms with E-state index in [2.05, 4.69) is 246 Å². The summed E-state index contributed by atoms with van der Waals surface area (Å²) >= 11 is 0. The summed E-state index contributed by atoms with van der Waals surface area (Å²) in [5.74, 6) is 2.74. The molecule has 0 aliphatic carbocycles. The standard InChI is InChI=1S/C64H63N4O.Pt/c1-40(2)53-22-18-23-54(41(3)4)62(53)46-33-50(37-52(34-46)69-51-25-26-56-55-21-16-17-24-57(55)66(58(56)38-51)61-36-47(27-28-65-61)63(7,8)9)68-39-67(68,59-29-42(5)43(6)30-60(59)68)49-32-45(44-19-14-13-15-20-44)31-48(35-49)64(10,11)12;/h13-36,39-41H,1-12H3;/q-1;/t67-,68?;/m0./s1. The fraction of sp³-hybridized carbons (Fsp3) is 0.250. The molecule has 0 N–H and O–H groups in total. The maximum Gasteiger partial charge on any atom is 0.225 e. The number of ether oxygens (including phenoxy) is 1. The van der Waals surface area contributed by atoms with Gasteiger partial charge >= 0.3 is 0 Å². The zero-order chi connectivity index (χ0) is 48.4. The van der Waals surface area contributed by atoms with E-state index < -0.39 is 0 Å². The Morgan fingerprint density at radius 1 is 0.571 bits per heavy atom. The van der Waals surface area contributed by atoms with Crippen LogP contribution in [0.4, 0.5) is 22.7 Å². The number of quaternary nitrogens is 2. The zero-order valence-corrected chi connectivity index (χ0v) is 44.9. The van der Waals surface area contributed by atoms with E-state index in [0.29, 0.717) is 32.5 Å². The second-order valence-electron chi connectivity index (χ2n) is 22.2. The number of nitrogens with zero attached hydrogens (tertiary/aromatic N) is 4. The second-order valence-corrected chi connectivity index (χ2v) is 22.2. The van der Waals surface area contributed by atoms with Crippen molar-refractivity contribution in [2.45, 2.75) is 106 Å². The summed E-state index contributed by atoms with van der Waals surface area (Å²) in [6.07, 6.45) is 1.92. The van der Waals surface area contributed by atoms with Crippen molar-refractivity contribution in [3.8, 4) is 39.6 Å². The Labute approximate surface area is 429 Å². The van der Waals surface area contributed by atoms with Crippen LogP contribution in [0.5, 0.6) is 11.5 Å². The smallest absolute Gasteiger partial charge is 0.225 e. The largest absolute Gasteiger partial charge is 0.509 e. The van der Waals surface area contributed by atoms with Crippen LogP contribution in [0.1, 0.15) is 114 Å².